The predicted octanol–water partition coefficient (Wildman–Crippen LogP) is 4.10. The number of hydrogen-bond donors (Lipinski definition) is 0. The predicted molar refractivity (Wildman–Crippen MR) is 88.7 cm³/mol. The first-order valence-corrected chi connectivity index (χ1v) is 7.37. The van der Waals surface area contributed by atoms with E-state index in [0.717, 1.165) is 41.8 Å². The Labute approximate surface area is 126 Å². The molecule has 0 aliphatic carbocycles. The molecule has 0 radical (unpaired) electrons. The van der Waals surface area contributed by atoms with Gasteiger partial charge in [-0.25, -0.2) is 0 Å². The van der Waals surface area contributed by atoms with Gasteiger partial charge in [0.2, 0.25) is 0 Å². The van der Waals surface area contributed by atoms with E-state index in [2.05, 4.69) is 30.9 Å². The largest absolute Gasteiger partial charge is 0.371 e. The first kappa shape index (κ1) is 15.0. The maximum Gasteiger partial charge on any atom is 0.152 e. The Morgan fingerprint density at radius 2 is 1.33 bits per heavy atom. The highest BCUT2D eigenvalue weighted by Gasteiger charge is 2.15. The van der Waals surface area contributed by atoms with Crippen molar-refractivity contribution in [1.82, 2.24) is 4.90 Å². The van der Waals surface area contributed by atoms with Gasteiger partial charge in [0, 0.05) is 18.7 Å². The highest BCUT2D eigenvalue weighted by atomic mass is 16.1. The molecule has 21 heavy (non-hydrogen) atoms. The summed E-state index contributed by atoms with van der Waals surface area (Å²) >= 11 is 0. The van der Waals surface area contributed by atoms with E-state index < -0.39 is 0 Å². The number of carbonyl (C=O) groups is 1. The van der Waals surface area contributed by atoms with Crippen LogP contribution in [-0.4, -0.2) is 24.3 Å². The van der Waals surface area contributed by atoms with Gasteiger partial charge in [-0.3, -0.25) is 4.79 Å². The molecule has 0 aliphatic heterocycles. The summed E-state index contributed by atoms with van der Waals surface area (Å²) in [6.07, 6.45) is 0.968. The lowest BCUT2D eigenvalue weighted by molar-refractivity contribution is -0.103. The minimum Gasteiger partial charge on any atom is -0.371 e. The summed E-state index contributed by atoms with van der Waals surface area (Å²) in [4.78, 5) is 14.0. The van der Waals surface area contributed by atoms with Crippen LogP contribution in [0.3, 0.4) is 0 Å². The number of nitrogens with zero attached hydrogens (tertiary/aromatic N) is 1. The normalized spacial score (nSPS) is 11.7. The van der Waals surface area contributed by atoms with Crippen molar-refractivity contribution < 1.29 is 4.79 Å². The second kappa shape index (κ2) is 7.44. The van der Waals surface area contributed by atoms with Gasteiger partial charge in [-0.05, 0) is 25.0 Å². The zero-order valence-electron chi connectivity index (χ0n) is 12.6. The summed E-state index contributed by atoms with van der Waals surface area (Å²) in [5.74, 6) is 0. The maximum absolute atomic E-state index is 11.8. The molecular formula is C19H21NO. The van der Waals surface area contributed by atoms with E-state index in [1.54, 1.807) is 0 Å². The topological polar surface area (TPSA) is 20.3 Å². The molecule has 0 atom stereocenters. The van der Waals surface area contributed by atoms with E-state index in [1.165, 1.54) is 0 Å². The van der Waals surface area contributed by atoms with Crippen molar-refractivity contribution in [2.45, 2.75) is 13.8 Å². The first-order chi connectivity index (χ1) is 10.3. The molecule has 0 unspecified atom stereocenters. The molecule has 2 heteroatoms. The van der Waals surface area contributed by atoms with E-state index in [4.69, 9.17) is 0 Å². The lowest BCUT2D eigenvalue weighted by atomic mass is 9.99. The summed E-state index contributed by atoms with van der Waals surface area (Å²) < 4.78 is 0. The molecule has 2 aromatic carbocycles. The van der Waals surface area contributed by atoms with Gasteiger partial charge in [0.1, 0.15) is 0 Å². The molecule has 2 aromatic rings. The summed E-state index contributed by atoms with van der Waals surface area (Å²) in [6, 6.07) is 20.0. The molecule has 0 saturated carbocycles. The van der Waals surface area contributed by atoms with Gasteiger partial charge in [0.05, 0.1) is 5.70 Å². The number of aldehydes is 1. The molecule has 0 aromatic heterocycles. The van der Waals surface area contributed by atoms with Crippen LogP contribution in [0.25, 0.3) is 11.3 Å². The Hall–Kier alpha value is -2.35. The Morgan fingerprint density at radius 3 is 1.76 bits per heavy atom. The van der Waals surface area contributed by atoms with Crippen molar-refractivity contribution in [3.05, 3.63) is 71.8 Å². The van der Waals surface area contributed by atoms with Crippen molar-refractivity contribution >= 4 is 17.6 Å². The fraction of sp³-hybridized carbons (Fsp3) is 0.211. The number of hydrogen-bond acceptors (Lipinski definition) is 2. The van der Waals surface area contributed by atoms with Crippen molar-refractivity contribution in [1.29, 1.82) is 0 Å². The highest BCUT2D eigenvalue weighted by Crippen LogP contribution is 2.28. The standard InChI is InChI=1S/C19H21NO/c1-3-20(4-2)19(17-13-9-6-10-14-17)18(15-21)16-11-7-5-8-12-16/h5-15H,3-4H2,1-2H3/b19-18+. The third-order valence-corrected chi connectivity index (χ3v) is 3.58. The third kappa shape index (κ3) is 3.40. The van der Waals surface area contributed by atoms with E-state index in [1.807, 2.05) is 48.5 Å². The molecule has 0 bridgehead atoms. The SMILES string of the molecule is CCN(CC)/C(=C(\C=O)c1ccccc1)c1ccccc1. The van der Waals surface area contributed by atoms with Crippen LogP contribution in [-0.2, 0) is 4.79 Å². The molecule has 0 saturated heterocycles. The van der Waals surface area contributed by atoms with Crippen LogP contribution in [0.5, 0.6) is 0 Å². The van der Waals surface area contributed by atoms with E-state index in [-0.39, 0.29) is 0 Å². The lowest BCUT2D eigenvalue weighted by Gasteiger charge is -2.27. The highest BCUT2D eigenvalue weighted by molar-refractivity contribution is 6.16. The second-order valence-electron chi connectivity index (χ2n) is 4.78. The Morgan fingerprint density at radius 1 is 0.857 bits per heavy atom. The van der Waals surface area contributed by atoms with Crippen molar-refractivity contribution in [2.75, 3.05) is 13.1 Å². The van der Waals surface area contributed by atoms with Crippen LogP contribution >= 0.6 is 0 Å². The number of carbonyl (C=O) groups excluding carboxylic acids is 1. The fourth-order valence-corrected chi connectivity index (χ4v) is 2.52. The molecule has 0 amide bonds. The Bertz CT molecular complexity index is 598. The molecule has 0 aliphatic rings. The average molecular weight is 279 g/mol. The molecule has 0 N–H and O–H groups in total. The van der Waals surface area contributed by atoms with Crippen LogP contribution in [0.1, 0.15) is 25.0 Å². The van der Waals surface area contributed by atoms with Gasteiger partial charge < -0.3 is 4.90 Å². The maximum atomic E-state index is 11.8. The summed E-state index contributed by atoms with van der Waals surface area (Å²) in [7, 11) is 0. The van der Waals surface area contributed by atoms with E-state index in [9.17, 15) is 4.79 Å². The fourth-order valence-electron chi connectivity index (χ4n) is 2.52. The number of rotatable bonds is 6. The van der Waals surface area contributed by atoms with Crippen LogP contribution in [0.2, 0.25) is 0 Å². The van der Waals surface area contributed by atoms with Crippen molar-refractivity contribution in [2.24, 2.45) is 0 Å². The summed E-state index contributed by atoms with van der Waals surface area (Å²) in [5.41, 5.74) is 3.78. The second-order valence-corrected chi connectivity index (χ2v) is 4.78. The zero-order valence-corrected chi connectivity index (χ0v) is 12.6. The van der Waals surface area contributed by atoms with Crippen LogP contribution < -0.4 is 0 Å². The number of benzene rings is 2. The van der Waals surface area contributed by atoms with Crippen molar-refractivity contribution in [3.8, 4) is 0 Å². The Kier molecular flexibility index (Phi) is 5.33. The van der Waals surface area contributed by atoms with Gasteiger partial charge in [0.25, 0.3) is 0 Å². The van der Waals surface area contributed by atoms with Gasteiger partial charge in [-0.2, -0.15) is 0 Å². The quantitative estimate of drug-likeness (QED) is 0.451. The van der Waals surface area contributed by atoms with Gasteiger partial charge in [0.15, 0.2) is 6.29 Å². The molecule has 2 rings (SSSR count). The lowest BCUT2D eigenvalue weighted by Crippen LogP contribution is -2.22. The van der Waals surface area contributed by atoms with Gasteiger partial charge in [-0.15, -0.1) is 0 Å². The Balaban J connectivity index is 2.66. The van der Waals surface area contributed by atoms with Gasteiger partial charge >= 0.3 is 0 Å². The van der Waals surface area contributed by atoms with E-state index >= 15 is 0 Å². The summed E-state index contributed by atoms with van der Waals surface area (Å²) in [5, 5.41) is 0. The summed E-state index contributed by atoms with van der Waals surface area (Å²) in [6.45, 7) is 5.95. The molecular weight excluding hydrogens is 258 g/mol. The monoisotopic (exact) mass is 279 g/mol. The molecule has 0 spiro atoms. The molecule has 0 fully saturated rings. The smallest absolute Gasteiger partial charge is 0.152 e. The minimum absolute atomic E-state index is 0.741. The van der Waals surface area contributed by atoms with Crippen LogP contribution in [0.15, 0.2) is 60.7 Å². The van der Waals surface area contributed by atoms with Crippen LogP contribution in [0.4, 0.5) is 0 Å². The van der Waals surface area contributed by atoms with E-state index in [0.29, 0.717) is 0 Å². The van der Waals surface area contributed by atoms with Crippen LogP contribution in [0, 0.1) is 0 Å². The molecule has 2 nitrogen and oxygen atoms in total. The van der Waals surface area contributed by atoms with Crippen molar-refractivity contribution in [3.63, 3.8) is 0 Å². The zero-order chi connectivity index (χ0) is 15.1. The third-order valence-electron chi connectivity index (χ3n) is 3.58. The first-order valence-electron chi connectivity index (χ1n) is 7.37. The molecule has 108 valence electrons. The average Bonchev–Trinajstić information content (AvgIpc) is 2.57. The number of allylic oxidation sites excluding steroid dienone is 1. The minimum atomic E-state index is 0.741. The van der Waals surface area contributed by atoms with Gasteiger partial charge in [-0.1, -0.05) is 60.7 Å². The molecule has 0 heterocycles.